The molecule has 1 aliphatic heterocycles. The van der Waals surface area contributed by atoms with Crippen LogP contribution in [-0.2, 0) is 20.3 Å². The fourth-order valence-corrected chi connectivity index (χ4v) is 5.48. The molecule has 1 aliphatic carbocycles. The number of Topliss-reactive ketones (excluding diaryl/α,β-unsaturated/α-hetero) is 1. The van der Waals surface area contributed by atoms with Crippen molar-refractivity contribution in [1.82, 2.24) is 0 Å². The van der Waals surface area contributed by atoms with Crippen LogP contribution >= 0.6 is 0 Å². The van der Waals surface area contributed by atoms with Gasteiger partial charge in [-0.3, -0.25) is 4.79 Å². The predicted molar refractivity (Wildman–Crippen MR) is 111 cm³/mol. The summed E-state index contributed by atoms with van der Waals surface area (Å²) < 4.78 is 25.4. The molecule has 3 rings (SSSR count). The van der Waals surface area contributed by atoms with Gasteiger partial charge in [-0.1, -0.05) is 27.7 Å². The monoisotopic (exact) mass is 408 g/mol. The molecule has 5 nitrogen and oxygen atoms in total. The summed E-state index contributed by atoms with van der Waals surface area (Å²) in [5, 5.41) is 0.0748. The maximum absolute atomic E-state index is 12.6. The zero-order chi connectivity index (χ0) is 21.1. The minimum atomic E-state index is -2.06. The van der Waals surface area contributed by atoms with Crippen molar-refractivity contribution in [3.05, 3.63) is 23.2 Å². The first kappa shape index (κ1) is 21.7. The molecule has 1 aromatic heterocycles. The lowest BCUT2D eigenvalue weighted by Gasteiger charge is -2.47. The van der Waals surface area contributed by atoms with Crippen LogP contribution < -0.4 is 0 Å². The molecule has 0 N–H and O–H groups in total. The second kappa shape index (κ2) is 6.79. The Kier molecular flexibility index (Phi) is 5.28. The lowest BCUT2D eigenvalue weighted by molar-refractivity contribution is -0.176. The molecule has 0 bridgehead atoms. The summed E-state index contributed by atoms with van der Waals surface area (Å²) in [7, 11) is -2.06. The Morgan fingerprint density at radius 3 is 2.50 bits per heavy atom. The molecule has 0 amide bonds. The zero-order valence-corrected chi connectivity index (χ0v) is 19.9. The Hall–Kier alpha value is -0.953. The molecular formula is C22H36O5Si. The van der Waals surface area contributed by atoms with E-state index in [4.69, 9.17) is 18.3 Å². The van der Waals surface area contributed by atoms with E-state index in [0.29, 0.717) is 18.6 Å². The number of hydrogen-bond acceptors (Lipinski definition) is 5. The van der Waals surface area contributed by atoms with Crippen LogP contribution in [0.1, 0.15) is 89.1 Å². The van der Waals surface area contributed by atoms with Gasteiger partial charge in [-0.2, -0.15) is 0 Å². The van der Waals surface area contributed by atoms with E-state index in [1.165, 1.54) is 0 Å². The zero-order valence-electron chi connectivity index (χ0n) is 18.9. The number of carbonyl (C=O) groups is 1. The van der Waals surface area contributed by atoms with Crippen molar-refractivity contribution in [2.75, 3.05) is 0 Å². The van der Waals surface area contributed by atoms with E-state index < -0.39 is 19.7 Å². The lowest BCUT2D eigenvalue weighted by atomic mass is 9.77. The number of carbonyl (C=O) groups excluding carboxylic acids is 1. The van der Waals surface area contributed by atoms with Crippen LogP contribution in [0.25, 0.3) is 0 Å². The topological polar surface area (TPSA) is 57.9 Å². The maximum atomic E-state index is 12.6. The fraction of sp³-hybridized carbons (Fsp3) is 0.773. The maximum Gasteiger partial charge on any atom is 0.198 e. The fourth-order valence-electron chi connectivity index (χ4n) is 4.09. The van der Waals surface area contributed by atoms with Gasteiger partial charge in [-0.15, -0.1) is 0 Å². The number of ketones is 1. The van der Waals surface area contributed by atoms with Crippen molar-refractivity contribution in [3.8, 4) is 0 Å². The smallest absolute Gasteiger partial charge is 0.198 e. The van der Waals surface area contributed by atoms with Crippen LogP contribution in [0.15, 0.2) is 10.7 Å². The largest absolute Gasteiger partial charge is 0.461 e. The first-order chi connectivity index (χ1) is 12.7. The molecule has 0 saturated carbocycles. The van der Waals surface area contributed by atoms with Crippen molar-refractivity contribution < 1.29 is 23.1 Å². The van der Waals surface area contributed by atoms with E-state index in [0.717, 1.165) is 17.5 Å². The van der Waals surface area contributed by atoms with Crippen LogP contribution in [-0.4, -0.2) is 31.6 Å². The molecule has 1 fully saturated rings. The van der Waals surface area contributed by atoms with E-state index in [-0.39, 0.29) is 23.0 Å². The number of ether oxygens (including phenoxy) is 2. The molecule has 2 heterocycles. The van der Waals surface area contributed by atoms with E-state index in [9.17, 15) is 4.79 Å². The molecule has 1 saturated heterocycles. The third-order valence-corrected chi connectivity index (χ3v) is 11.1. The molecule has 28 heavy (non-hydrogen) atoms. The molecule has 158 valence electrons. The van der Waals surface area contributed by atoms with Gasteiger partial charge < -0.3 is 18.3 Å². The Labute approximate surface area is 170 Å². The van der Waals surface area contributed by atoms with E-state index in [2.05, 4.69) is 40.8 Å². The Balaban J connectivity index is 2.05. The predicted octanol–water partition coefficient (Wildman–Crippen LogP) is 5.79. The summed E-state index contributed by atoms with van der Waals surface area (Å²) in [4.78, 5) is 12.6. The first-order valence-corrected chi connectivity index (χ1v) is 13.3. The molecule has 6 heteroatoms. The summed E-state index contributed by atoms with van der Waals surface area (Å²) in [6.07, 6.45) is 3.07. The molecule has 0 spiro atoms. The summed E-state index contributed by atoms with van der Waals surface area (Å²) in [6.45, 7) is 19.1. The standard InChI is InChI=1S/C22H36O5Si/c1-10-11-16(23)18-14-12-17(26-28(8,9)20(2,3)4)22(7)19(15(14)13-24-18)25-21(5,6)27-22/h13,17,19H,10-12H2,1-9H3/t17-,19+,22-/m1/s1. The number of furan rings is 1. The van der Waals surface area contributed by atoms with E-state index in [1.54, 1.807) is 6.26 Å². The van der Waals surface area contributed by atoms with Gasteiger partial charge >= 0.3 is 0 Å². The highest BCUT2D eigenvalue weighted by molar-refractivity contribution is 6.74. The highest BCUT2D eigenvalue weighted by atomic mass is 28.4. The highest BCUT2D eigenvalue weighted by Gasteiger charge is 2.60. The summed E-state index contributed by atoms with van der Waals surface area (Å²) in [6, 6.07) is 0. The summed E-state index contributed by atoms with van der Waals surface area (Å²) >= 11 is 0. The molecule has 0 aromatic carbocycles. The molecule has 0 radical (unpaired) electrons. The number of rotatable bonds is 5. The Bertz CT molecular complexity index is 757. The third kappa shape index (κ3) is 3.53. The van der Waals surface area contributed by atoms with E-state index >= 15 is 0 Å². The third-order valence-electron chi connectivity index (χ3n) is 6.60. The van der Waals surface area contributed by atoms with Crippen molar-refractivity contribution in [2.24, 2.45) is 0 Å². The van der Waals surface area contributed by atoms with Gasteiger partial charge in [0.25, 0.3) is 0 Å². The van der Waals surface area contributed by atoms with Crippen LogP contribution in [0.5, 0.6) is 0 Å². The van der Waals surface area contributed by atoms with Gasteiger partial charge in [0.15, 0.2) is 25.6 Å². The lowest BCUT2D eigenvalue weighted by Crippen LogP contribution is -2.56. The van der Waals surface area contributed by atoms with Gasteiger partial charge in [0.1, 0.15) is 11.7 Å². The van der Waals surface area contributed by atoms with Gasteiger partial charge in [0.05, 0.1) is 12.4 Å². The summed E-state index contributed by atoms with van der Waals surface area (Å²) in [5.74, 6) is -0.200. The minimum Gasteiger partial charge on any atom is -0.461 e. The Morgan fingerprint density at radius 1 is 1.29 bits per heavy atom. The molecule has 1 aromatic rings. The summed E-state index contributed by atoms with van der Waals surface area (Å²) in [5.41, 5.74) is 1.24. The molecular weight excluding hydrogens is 372 g/mol. The Morgan fingerprint density at radius 2 is 1.93 bits per heavy atom. The number of hydrogen-bond donors (Lipinski definition) is 0. The van der Waals surface area contributed by atoms with Crippen molar-refractivity contribution in [1.29, 1.82) is 0 Å². The molecule has 2 aliphatic rings. The van der Waals surface area contributed by atoms with Crippen molar-refractivity contribution in [3.63, 3.8) is 0 Å². The molecule has 0 unspecified atom stereocenters. The first-order valence-electron chi connectivity index (χ1n) is 10.4. The SMILES string of the molecule is CCCC(=O)c1occ2c1C[C@@H](O[Si](C)(C)C(C)(C)C)[C@@]1(C)OC(C)(C)O[C@@H]21. The quantitative estimate of drug-likeness (QED) is 0.456. The van der Waals surface area contributed by atoms with Crippen LogP contribution in [0.4, 0.5) is 0 Å². The van der Waals surface area contributed by atoms with Gasteiger partial charge in [-0.25, -0.2) is 0 Å². The second-order valence-corrected chi connectivity index (χ2v) is 15.2. The average molecular weight is 409 g/mol. The minimum absolute atomic E-state index is 0.0524. The molecule has 3 atom stereocenters. The van der Waals surface area contributed by atoms with Crippen LogP contribution in [0.2, 0.25) is 18.1 Å². The number of fused-ring (bicyclic) bond motifs is 3. The van der Waals surface area contributed by atoms with Crippen molar-refractivity contribution in [2.45, 2.75) is 109 Å². The van der Waals surface area contributed by atoms with Crippen LogP contribution in [0, 0.1) is 0 Å². The average Bonchev–Trinajstić information content (AvgIpc) is 3.04. The van der Waals surface area contributed by atoms with Gasteiger partial charge in [0, 0.05) is 24.0 Å². The van der Waals surface area contributed by atoms with Gasteiger partial charge in [-0.05, 0) is 45.3 Å². The van der Waals surface area contributed by atoms with E-state index in [1.807, 2.05) is 20.8 Å². The van der Waals surface area contributed by atoms with Crippen LogP contribution in [0.3, 0.4) is 0 Å². The van der Waals surface area contributed by atoms with Crippen molar-refractivity contribution >= 4 is 14.1 Å². The van der Waals surface area contributed by atoms with Gasteiger partial charge in [0.2, 0.25) is 0 Å². The normalized spacial score (nSPS) is 29.5. The highest BCUT2D eigenvalue weighted by Crippen LogP contribution is 2.54. The second-order valence-electron chi connectivity index (χ2n) is 10.4.